The van der Waals surface area contributed by atoms with Crippen molar-refractivity contribution in [1.82, 2.24) is 15.5 Å². The summed E-state index contributed by atoms with van der Waals surface area (Å²) in [6.45, 7) is 8.91. The molecule has 2 atom stereocenters. The van der Waals surface area contributed by atoms with Crippen molar-refractivity contribution in [2.24, 2.45) is 5.92 Å². The zero-order valence-corrected chi connectivity index (χ0v) is 17.9. The standard InChI is InChI=1S/C23H35N3O3/c1-17(2)21(25-18(3)27)22(28)24-15-20-9-10-23(29-20)11-13-26(14-12-23)16-19-7-5-4-6-8-19/h4-8,17,20-21H,9-16H2,1-3H3,(H,24,28)(H,25,27). The molecule has 2 aliphatic heterocycles. The van der Waals surface area contributed by atoms with Crippen molar-refractivity contribution < 1.29 is 14.3 Å². The predicted octanol–water partition coefficient (Wildman–Crippen LogP) is 2.48. The Kier molecular flexibility index (Phi) is 7.30. The Morgan fingerprint density at radius 3 is 2.48 bits per heavy atom. The highest BCUT2D eigenvalue weighted by Crippen LogP contribution is 2.39. The fourth-order valence-corrected chi connectivity index (χ4v) is 4.45. The Labute approximate surface area is 174 Å². The third-order valence-corrected chi connectivity index (χ3v) is 6.17. The summed E-state index contributed by atoms with van der Waals surface area (Å²) in [5.41, 5.74) is 1.33. The smallest absolute Gasteiger partial charge is 0.242 e. The number of carbonyl (C=O) groups excluding carboxylic acids is 2. The Hall–Kier alpha value is -1.92. The van der Waals surface area contributed by atoms with Crippen LogP contribution in [0.25, 0.3) is 0 Å². The highest BCUT2D eigenvalue weighted by Gasteiger charge is 2.42. The van der Waals surface area contributed by atoms with E-state index in [4.69, 9.17) is 4.74 Å². The second kappa shape index (κ2) is 9.72. The molecule has 2 N–H and O–H groups in total. The molecule has 0 aromatic heterocycles. The van der Waals surface area contributed by atoms with E-state index in [1.165, 1.54) is 12.5 Å². The van der Waals surface area contributed by atoms with Crippen molar-refractivity contribution in [3.8, 4) is 0 Å². The average molecular weight is 402 g/mol. The molecule has 2 fully saturated rings. The van der Waals surface area contributed by atoms with Crippen molar-refractivity contribution in [1.29, 1.82) is 0 Å². The average Bonchev–Trinajstić information content (AvgIpc) is 3.09. The van der Waals surface area contributed by atoms with Gasteiger partial charge in [-0.1, -0.05) is 44.2 Å². The van der Waals surface area contributed by atoms with E-state index in [0.717, 1.165) is 45.3 Å². The van der Waals surface area contributed by atoms with Crippen LogP contribution < -0.4 is 10.6 Å². The zero-order valence-electron chi connectivity index (χ0n) is 17.9. The molecule has 1 aromatic rings. The molecule has 2 unspecified atom stereocenters. The molecule has 1 spiro atoms. The van der Waals surface area contributed by atoms with Gasteiger partial charge in [-0.25, -0.2) is 0 Å². The maximum absolute atomic E-state index is 12.5. The van der Waals surface area contributed by atoms with Crippen LogP contribution in [0.3, 0.4) is 0 Å². The first-order chi connectivity index (χ1) is 13.9. The van der Waals surface area contributed by atoms with Crippen molar-refractivity contribution in [2.75, 3.05) is 19.6 Å². The molecule has 2 heterocycles. The first kappa shape index (κ1) is 21.8. The van der Waals surface area contributed by atoms with Gasteiger partial charge in [-0.15, -0.1) is 0 Å². The second-order valence-electron chi connectivity index (χ2n) is 8.89. The third kappa shape index (κ3) is 6.03. The molecule has 6 heteroatoms. The third-order valence-electron chi connectivity index (χ3n) is 6.17. The first-order valence-electron chi connectivity index (χ1n) is 10.9. The number of benzene rings is 1. The lowest BCUT2D eigenvalue weighted by Gasteiger charge is -2.39. The number of carbonyl (C=O) groups is 2. The summed E-state index contributed by atoms with van der Waals surface area (Å²) in [6.07, 6.45) is 4.19. The van der Waals surface area contributed by atoms with Crippen LogP contribution in [0.4, 0.5) is 0 Å². The van der Waals surface area contributed by atoms with Crippen LogP contribution >= 0.6 is 0 Å². The van der Waals surface area contributed by atoms with Gasteiger partial charge in [0, 0.05) is 33.1 Å². The number of nitrogens with one attached hydrogen (secondary N) is 2. The molecule has 0 saturated carbocycles. The summed E-state index contributed by atoms with van der Waals surface area (Å²) in [5.74, 6) is -0.265. The van der Waals surface area contributed by atoms with Crippen LogP contribution in [0.1, 0.15) is 52.0 Å². The molecule has 6 nitrogen and oxygen atoms in total. The van der Waals surface area contributed by atoms with E-state index < -0.39 is 6.04 Å². The molecule has 2 amide bonds. The highest BCUT2D eigenvalue weighted by atomic mass is 16.5. The summed E-state index contributed by atoms with van der Waals surface area (Å²) < 4.78 is 6.43. The molecular formula is C23H35N3O3. The summed E-state index contributed by atoms with van der Waals surface area (Å²) in [6, 6.07) is 10.1. The second-order valence-corrected chi connectivity index (χ2v) is 8.89. The van der Waals surface area contributed by atoms with Crippen LogP contribution in [-0.2, 0) is 20.9 Å². The predicted molar refractivity (Wildman–Crippen MR) is 113 cm³/mol. The maximum Gasteiger partial charge on any atom is 0.242 e. The quantitative estimate of drug-likeness (QED) is 0.736. The fourth-order valence-electron chi connectivity index (χ4n) is 4.45. The van der Waals surface area contributed by atoms with Crippen molar-refractivity contribution in [2.45, 2.75) is 70.7 Å². The first-order valence-corrected chi connectivity index (χ1v) is 10.9. The van der Waals surface area contributed by atoms with Crippen molar-refractivity contribution >= 4 is 11.8 Å². The van der Waals surface area contributed by atoms with E-state index in [-0.39, 0.29) is 29.4 Å². The number of likely N-dealkylation sites (tertiary alicyclic amines) is 1. The van der Waals surface area contributed by atoms with Gasteiger partial charge in [0.25, 0.3) is 0 Å². The lowest BCUT2D eigenvalue weighted by molar-refractivity contribution is -0.130. The van der Waals surface area contributed by atoms with Gasteiger partial charge in [0.2, 0.25) is 11.8 Å². The molecule has 0 radical (unpaired) electrons. The molecule has 3 rings (SSSR count). The van der Waals surface area contributed by atoms with E-state index in [0.29, 0.717) is 6.54 Å². The molecule has 0 bridgehead atoms. The normalized spacial score (nSPS) is 22.6. The lowest BCUT2D eigenvalue weighted by atomic mass is 9.88. The van der Waals surface area contributed by atoms with Crippen LogP contribution in [0.15, 0.2) is 30.3 Å². The Morgan fingerprint density at radius 1 is 1.17 bits per heavy atom. The number of piperidine rings is 1. The summed E-state index contributed by atoms with van der Waals surface area (Å²) >= 11 is 0. The molecule has 1 aromatic carbocycles. The van der Waals surface area contributed by atoms with E-state index in [1.54, 1.807) is 0 Å². The van der Waals surface area contributed by atoms with Gasteiger partial charge in [-0.3, -0.25) is 14.5 Å². The monoisotopic (exact) mass is 401 g/mol. The van der Waals surface area contributed by atoms with Crippen LogP contribution in [-0.4, -0.2) is 54.1 Å². The van der Waals surface area contributed by atoms with E-state index in [2.05, 4.69) is 45.9 Å². The van der Waals surface area contributed by atoms with Gasteiger partial charge >= 0.3 is 0 Å². The van der Waals surface area contributed by atoms with Gasteiger partial charge < -0.3 is 15.4 Å². The molecule has 29 heavy (non-hydrogen) atoms. The molecule has 160 valence electrons. The van der Waals surface area contributed by atoms with Gasteiger partial charge in [0.05, 0.1) is 11.7 Å². The van der Waals surface area contributed by atoms with Gasteiger partial charge in [-0.2, -0.15) is 0 Å². The number of amides is 2. The van der Waals surface area contributed by atoms with Crippen LogP contribution in [0.5, 0.6) is 0 Å². The summed E-state index contributed by atoms with van der Waals surface area (Å²) in [4.78, 5) is 26.3. The minimum Gasteiger partial charge on any atom is -0.370 e. The minimum atomic E-state index is -0.496. The van der Waals surface area contributed by atoms with Gasteiger partial charge in [-0.05, 0) is 37.2 Å². The van der Waals surface area contributed by atoms with E-state index in [9.17, 15) is 9.59 Å². The topological polar surface area (TPSA) is 70.7 Å². The Morgan fingerprint density at radius 2 is 1.86 bits per heavy atom. The Balaban J connectivity index is 1.43. The SMILES string of the molecule is CC(=O)NC(C(=O)NCC1CCC2(CCN(Cc3ccccc3)CC2)O1)C(C)C. The van der Waals surface area contributed by atoms with Gasteiger partial charge in [0.15, 0.2) is 0 Å². The number of hydrogen-bond donors (Lipinski definition) is 2. The number of nitrogens with zero attached hydrogens (tertiary/aromatic N) is 1. The van der Waals surface area contributed by atoms with Crippen molar-refractivity contribution in [3.05, 3.63) is 35.9 Å². The number of rotatable bonds is 7. The molecule has 2 saturated heterocycles. The summed E-state index contributed by atoms with van der Waals surface area (Å²) in [7, 11) is 0. The maximum atomic E-state index is 12.5. The molecule has 0 aliphatic carbocycles. The number of ether oxygens (including phenoxy) is 1. The highest BCUT2D eigenvalue weighted by molar-refractivity contribution is 5.87. The van der Waals surface area contributed by atoms with E-state index >= 15 is 0 Å². The van der Waals surface area contributed by atoms with Crippen LogP contribution in [0.2, 0.25) is 0 Å². The minimum absolute atomic E-state index is 0.0301. The molecule has 2 aliphatic rings. The van der Waals surface area contributed by atoms with E-state index in [1.807, 2.05) is 13.8 Å². The summed E-state index contributed by atoms with van der Waals surface area (Å²) in [5, 5.41) is 5.72. The fraction of sp³-hybridized carbons (Fsp3) is 0.652. The number of hydrogen-bond acceptors (Lipinski definition) is 4. The molecular weight excluding hydrogens is 366 g/mol. The largest absolute Gasteiger partial charge is 0.370 e. The van der Waals surface area contributed by atoms with Crippen LogP contribution in [0, 0.1) is 5.92 Å². The zero-order chi connectivity index (χ0) is 20.9. The van der Waals surface area contributed by atoms with Gasteiger partial charge in [0.1, 0.15) is 6.04 Å². The lowest BCUT2D eigenvalue weighted by Crippen LogP contribution is -2.50. The van der Waals surface area contributed by atoms with Crippen molar-refractivity contribution in [3.63, 3.8) is 0 Å². The Bertz CT molecular complexity index is 684.